The summed E-state index contributed by atoms with van der Waals surface area (Å²) in [5.74, 6) is 0.259. The van der Waals surface area contributed by atoms with Crippen LogP contribution in [0.25, 0.3) is 0 Å². The number of amides is 3. The van der Waals surface area contributed by atoms with Gasteiger partial charge < -0.3 is 34.4 Å². The molecule has 12 nitrogen and oxygen atoms in total. The molecule has 0 unspecified atom stereocenters. The van der Waals surface area contributed by atoms with Crippen molar-refractivity contribution in [3.8, 4) is 0 Å². The second-order valence-electron chi connectivity index (χ2n) is 14.8. The minimum atomic E-state index is -0.906. The maximum atomic E-state index is 14.2. The van der Waals surface area contributed by atoms with E-state index in [9.17, 15) is 18.8 Å². The van der Waals surface area contributed by atoms with Gasteiger partial charge in [0.2, 0.25) is 11.8 Å². The van der Waals surface area contributed by atoms with Crippen LogP contribution < -0.4 is 11.1 Å². The summed E-state index contributed by atoms with van der Waals surface area (Å²) in [6, 6.07) is 3.25. The summed E-state index contributed by atoms with van der Waals surface area (Å²) in [4.78, 5) is 50.2. The lowest BCUT2D eigenvalue weighted by Gasteiger charge is -2.28. The van der Waals surface area contributed by atoms with Gasteiger partial charge in [0.1, 0.15) is 31.5 Å². The number of benzene rings is 1. The van der Waals surface area contributed by atoms with Gasteiger partial charge in [0, 0.05) is 34.6 Å². The summed E-state index contributed by atoms with van der Waals surface area (Å²) in [5, 5.41) is 3.20. The number of hydrogen-bond acceptors (Lipinski definition) is 9. The lowest BCUT2D eigenvalue weighted by molar-refractivity contribution is -0.142. The Balaban J connectivity index is 0. The third-order valence-electron chi connectivity index (χ3n) is 9.30. The minimum absolute atomic E-state index is 0. The van der Waals surface area contributed by atoms with Gasteiger partial charge in [-0.2, -0.15) is 0 Å². The van der Waals surface area contributed by atoms with Crippen LogP contribution in [0.15, 0.2) is 18.2 Å². The predicted molar refractivity (Wildman–Crippen MR) is 208 cm³/mol. The molecule has 4 rings (SSSR count). The average molecular weight is 757 g/mol. The number of carbonyl (C=O) groups excluding carboxylic acids is 4. The Morgan fingerprint density at radius 2 is 1.70 bits per heavy atom. The number of nitrogens with zero attached hydrogens (tertiary/aromatic N) is 2. The number of primary amides is 1. The van der Waals surface area contributed by atoms with Gasteiger partial charge in [-0.3, -0.25) is 19.8 Å². The van der Waals surface area contributed by atoms with Crippen molar-refractivity contribution < 1.29 is 45.4 Å². The summed E-state index contributed by atoms with van der Waals surface area (Å²) >= 11 is 0. The molecule has 2 heterocycles. The van der Waals surface area contributed by atoms with Crippen LogP contribution in [0.4, 0.5) is 9.18 Å². The number of halogens is 1. The van der Waals surface area contributed by atoms with E-state index in [0.717, 1.165) is 56.3 Å². The Bertz CT molecular complexity index is 1240. The van der Waals surface area contributed by atoms with Gasteiger partial charge >= 0.3 is 6.09 Å². The molecule has 2 fully saturated rings. The molecule has 1 saturated carbocycles. The fourth-order valence-electron chi connectivity index (χ4n) is 6.48. The van der Waals surface area contributed by atoms with E-state index in [2.05, 4.69) is 19.2 Å². The zero-order valence-corrected chi connectivity index (χ0v) is 32.5. The first kappa shape index (κ1) is 47.9. The third-order valence-corrected chi connectivity index (χ3v) is 9.30. The number of carbonyl (C=O) groups is 4. The molecule has 1 aromatic rings. The van der Waals surface area contributed by atoms with Crippen LogP contribution in [0.5, 0.6) is 0 Å². The number of likely N-dealkylation sites (tertiary alicyclic amines) is 1. The van der Waals surface area contributed by atoms with Crippen molar-refractivity contribution in [1.82, 2.24) is 15.1 Å². The predicted octanol–water partition coefficient (Wildman–Crippen LogP) is 7.20. The monoisotopic (exact) mass is 757 g/mol. The Morgan fingerprint density at radius 3 is 2.34 bits per heavy atom. The van der Waals surface area contributed by atoms with Gasteiger partial charge in [0.15, 0.2) is 0 Å². The molecule has 13 heteroatoms. The van der Waals surface area contributed by atoms with E-state index in [1.54, 1.807) is 12.1 Å². The van der Waals surface area contributed by atoms with Gasteiger partial charge in [0.05, 0.1) is 31.5 Å². The Labute approximate surface area is 320 Å². The van der Waals surface area contributed by atoms with Crippen LogP contribution >= 0.6 is 0 Å². The van der Waals surface area contributed by atoms with Gasteiger partial charge in [-0.05, 0) is 64.0 Å². The van der Waals surface area contributed by atoms with Crippen LogP contribution in [0.1, 0.15) is 127 Å². The second kappa shape index (κ2) is 25.0. The zero-order valence-electron chi connectivity index (χ0n) is 32.5. The third kappa shape index (κ3) is 16.8. The molecule has 53 heavy (non-hydrogen) atoms. The topological polar surface area (TPSA) is 150 Å². The molecule has 0 radical (unpaired) electrons. The molecule has 1 aliphatic carbocycles. The second-order valence-corrected chi connectivity index (χ2v) is 14.8. The molecule has 0 bridgehead atoms. The number of nitrogens with two attached hydrogens (primary N) is 1. The molecule has 308 valence electrons. The van der Waals surface area contributed by atoms with E-state index in [-0.39, 0.29) is 67.2 Å². The minimum Gasteiger partial charge on any atom is -0.444 e. The largest absolute Gasteiger partial charge is 0.444 e. The van der Waals surface area contributed by atoms with Gasteiger partial charge in [-0.25, -0.2) is 9.18 Å². The maximum Gasteiger partial charge on any atom is 0.410 e. The van der Waals surface area contributed by atoms with E-state index in [4.69, 9.17) is 29.5 Å². The quantitative estimate of drug-likeness (QED) is 0.110. The van der Waals surface area contributed by atoms with Crippen LogP contribution in [0, 0.1) is 17.7 Å². The molecule has 3 aliphatic rings. The normalized spacial score (nSPS) is 20.6. The van der Waals surface area contributed by atoms with E-state index in [1.165, 1.54) is 41.5 Å². The first-order valence-corrected chi connectivity index (χ1v) is 19.0. The van der Waals surface area contributed by atoms with Gasteiger partial charge in [-0.15, -0.1) is 0 Å². The first-order valence-electron chi connectivity index (χ1n) is 19.0. The number of fused-ring (bicyclic) bond motifs is 1. The van der Waals surface area contributed by atoms with E-state index in [1.807, 2.05) is 34.5 Å². The van der Waals surface area contributed by atoms with Crippen molar-refractivity contribution in [3.63, 3.8) is 0 Å². The first-order chi connectivity index (χ1) is 24.9. The molecule has 0 spiro atoms. The van der Waals surface area contributed by atoms with Crippen molar-refractivity contribution in [2.24, 2.45) is 17.6 Å². The molecule has 0 aromatic heterocycles. The van der Waals surface area contributed by atoms with E-state index < -0.39 is 30.2 Å². The van der Waals surface area contributed by atoms with Crippen LogP contribution in [-0.2, 0) is 46.4 Å². The van der Waals surface area contributed by atoms with Crippen molar-refractivity contribution >= 4 is 24.7 Å². The van der Waals surface area contributed by atoms with Crippen LogP contribution in [0.3, 0.4) is 0 Å². The van der Waals surface area contributed by atoms with Gasteiger partial charge in [0.25, 0.3) is 0 Å². The lowest BCUT2D eigenvalue weighted by Crippen LogP contribution is -2.52. The standard InChI is InChI=1S/C35H55FN4O7.C3H8.CH2O.CH4.2H2/c1-5-44-21-26-16-24(26)12-9-7-6-8-10-15-30(38-22-45-23-46-35(2,3)4)33(42)40-19-27(17-31(40)32(37)41)47-34(43)39-18-25-13-11-14-29(36)28(25)20-39;1-3-2;1-2;;;/h11,13-14,24,26-27,30-31,38H,5-10,12,15-23H2,1-4H3,(H2,37,41);3H2,1-2H3;1H2;1H4;2*1H/t24-,26-,27-,30+,31+;;;;;/m1...../s1. The molecule has 1 aromatic carbocycles. The van der Waals surface area contributed by atoms with Crippen LogP contribution in [-0.4, -0.2) is 91.6 Å². The summed E-state index contributed by atoms with van der Waals surface area (Å²) in [5.41, 5.74) is 6.58. The summed E-state index contributed by atoms with van der Waals surface area (Å²) in [6.07, 6.45) is 8.42. The molecule has 1 saturated heterocycles. The molecule has 2 aliphatic heterocycles. The highest BCUT2D eigenvalue weighted by Gasteiger charge is 2.43. The number of hydrogen-bond donors (Lipinski definition) is 2. The van der Waals surface area contributed by atoms with Crippen molar-refractivity contribution in [2.45, 2.75) is 150 Å². The molecule has 3 amide bonds. The lowest BCUT2D eigenvalue weighted by atomic mass is 10.0. The van der Waals surface area contributed by atoms with E-state index >= 15 is 0 Å². The molecule has 3 N–H and O–H groups in total. The highest BCUT2D eigenvalue weighted by atomic mass is 19.1. The Kier molecular flexibility index (Phi) is 22.6. The van der Waals surface area contributed by atoms with E-state index in [0.29, 0.717) is 12.0 Å². The van der Waals surface area contributed by atoms with Crippen LogP contribution in [0.2, 0.25) is 0 Å². The highest BCUT2D eigenvalue weighted by molar-refractivity contribution is 5.90. The summed E-state index contributed by atoms with van der Waals surface area (Å²) < 4.78 is 36.7. The molecule has 5 atom stereocenters. The zero-order chi connectivity index (χ0) is 38.7. The van der Waals surface area contributed by atoms with Crippen molar-refractivity contribution in [1.29, 1.82) is 0 Å². The highest BCUT2D eigenvalue weighted by Crippen LogP contribution is 2.42. The number of nitrogens with one attached hydrogen (secondary N) is 1. The number of unbranched alkanes of at least 4 members (excludes halogenated alkanes) is 4. The Hall–Kier alpha value is -3.13. The van der Waals surface area contributed by atoms with Crippen molar-refractivity contribution in [2.75, 3.05) is 33.3 Å². The summed E-state index contributed by atoms with van der Waals surface area (Å²) in [7, 11) is 0. The SMILES string of the molecule is C.C=O.CCC.CCOC[C@H]1C[C@H]1CCCCCCC[C@H](NCOCOC(C)(C)C)C(=O)N1C[C@H](OC(=O)N2Cc3cccc(F)c3C2)C[C@H]1C(N)=O.[HH].[HH]. The fraction of sp³-hybridized carbons (Fsp3) is 0.750. The summed E-state index contributed by atoms with van der Waals surface area (Å²) in [6.45, 7) is 16.3. The number of rotatable bonds is 19. The average Bonchev–Trinajstić information content (AvgIpc) is 3.46. The fourth-order valence-corrected chi connectivity index (χ4v) is 6.48. The smallest absolute Gasteiger partial charge is 0.410 e. The van der Waals surface area contributed by atoms with Gasteiger partial charge in [-0.1, -0.05) is 78.4 Å². The maximum absolute atomic E-state index is 14.2. The Morgan fingerprint density at radius 1 is 1.02 bits per heavy atom. The van der Waals surface area contributed by atoms with Crippen molar-refractivity contribution in [3.05, 3.63) is 35.1 Å². The molecular weight excluding hydrogens is 683 g/mol. The molecular formula is C40H73FN4O8. The number of ether oxygens (including phenoxy) is 4.